The Morgan fingerprint density at radius 3 is 2.66 bits per heavy atom. The molecular weight excluding hydrogens is 559 g/mol. The van der Waals surface area contributed by atoms with Crippen LogP contribution in [0.5, 0.6) is 5.75 Å². The van der Waals surface area contributed by atoms with Gasteiger partial charge in [-0.25, -0.2) is 4.98 Å². The van der Waals surface area contributed by atoms with Gasteiger partial charge in [-0.15, -0.1) is 23.4 Å². The number of aromatic nitrogens is 6. The molecule has 10 nitrogen and oxygen atoms in total. The van der Waals surface area contributed by atoms with Gasteiger partial charge in [-0.1, -0.05) is 28.6 Å². The van der Waals surface area contributed by atoms with Crippen LogP contribution in [0.25, 0.3) is 32.9 Å². The number of aromatic amines is 1. The van der Waals surface area contributed by atoms with Crippen LogP contribution in [0, 0.1) is 0 Å². The molecule has 41 heavy (non-hydrogen) atoms. The lowest BCUT2D eigenvalue weighted by Gasteiger charge is -2.31. The first-order chi connectivity index (χ1) is 19.9. The highest BCUT2D eigenvalue weighted by Gasteiger charge is 2.36. The number of ether oxygens (including phenoxy) is 2. The molecule has 1 N–H and O–H groups in total. The molecule has 1 saturated carbocycles. The van der Waals surface area contributed by atoms with Crippen LogP contribution < -0.4 is 9.64 Å². The Kier molecular flexibility index (Phi) is 6.58. The third kappa shape index (κ3) is 5.48. The summed E-state index contributed by atoms with van der Waals surface area (Å²) in [6, 6.07) is 11.9. The van der Waals surface area contributed by atoms with E-state index in [4.69, 9.17) is 14.2 Å². The zero-order chi connectivity index (χ0) is 28.0. The molecule has 2 aliphatic rings. The standard InChI is InChI=1S/C27H24F3N7O3S/c28-27(29,30)39-21-4-2-1-3-18(21)23-19(24(40-34-23)15-5-6-15)14-38-17-9-11-37(12-10-17)26-31-20-8-7-16(13-22(20)41-26)25-32-35-36-33-25/h1-4,7-8,13,15,17H,5-6,9-12,14H2,(H,32,33,35,36). The number of nitrogens with one attached hydrogen (secondary N) is 1. The number of nitrogens with zero attached hydrogens (tertiary/aromatic N) is 6. The van der Waals surface area contributed by atoms with Crippen LogP contribution in [0.15, 0.2) is 47.0 Å². The maximum Gasteiger partial charge on any atom is 0.573 e. The van der Waals surface area contributed by atoms with Gasteiger partial charge in [0.15, 0.2) is 5.13 Å². The summed E-state index contributed by atoms with van der Waals surface area (Å²) in [4.78, 5) is 7.07. The largest absolute Gasteiger partial charge is 0.573 e. The number of rotatable bonds is 8. The van der Waals surface area contributed by atoms with Crippen molar-refractivity contribution in [2.75, 3.05) is 18.0 Å². The van der Waals surface area contributed by atoms with Crippen LogP contribution in [-0.4, -0.2) is 56.3 Å². The Morgan fingerprint density at radius 2 is 1.90 bits per heavy atom. The van der Waals surface area contributed by atoms with E-state index in [0.29, 0.717) is 22.8 Å². The van der Waals surface area contributed by atoms with Gasteiger partial charge in [0.1, 0.15) is 17.2 Å². The van der Waals surface area contributed by atoms with E-state index in [2.05, 4.69) is 35.4 Å². The third-order valence-corrected chi connectivity index (χ3v) is 8.37. The van der Waals surface area contributed by atoms with Gasteiger partial charge in [-0.05, 0) is 61.2 Å². The Morgan fingerprint density at radius 1 is 1.07 bits per heavy atom. The maximum absolute atomic E-state index is 13.1. The highest BCUT2D eigenvalue weighted by atomic mass is 32.1. The van der Waals surface area contributed by atoms with Gasteiger partial charge in [0.2, 0.25) is 5.82 Å². The average molecular weight is 584 g/mol. The maximum atomic E-state index is 13.1. The number of tetrazole rings is 1. The quantitative estimate of drug-likeness (QED) is 0.232. The first-order valence-corrected chi connectivity index (χ1v) is 14.1. The first-order valence-electron chi connectivity index (χ1n) is 13.3. The number of para-hydroxylation sites is 1. The normalized spacial score (nSPS) is 16.5. The highest BCUT2D eigenvalue weighted by Crippen LogP contribution is 2.46. The fourth-order valence-electron chi connectivity index (χ4n) is 5.10. The monoisotopic (exact) mass is 583 g/mol. The summed E-state index contributed by atoms with van der Waals surface area (Å²) in [5.74, 6) is 1.13. The van der Waals surface area contributed by atoms with E-state index in [0.717, 1.165) is 59.7 Å². The minimum absolute atomic E-state index is 0.0121. The molecule has 5 aromatic rings. The number of hydrogen-bond donors (Lipinski definition) is 1. The molecular formula is C27H24F3N7O3S. The fraction of sp³-hybridized carbons (Fsp3) is 0.370. The Hall–Kier alpha value is -4.04. The van der Waals surface area contributed by atoms with Gasteiger partial charge in [0.25, 0.3) is 0 Å². The predicted octanol–water partition coefficient (Wildman–Crippen LogP) is 6.09. The molecule has 7 rings (SSSR count). The van der Waals surface area contributed by atoms with E-state index in [-0.39, 0.29) is 29.9 Å². The number of piperidine rings is 1. The summed E-state index contributed by atoms with van der Waals surface area (Å²) < 4.78 is 56.5. The number of thiazole rings is 1. The van der Waals surface area contributed by atoms with Crippen molar-refractivity contribution in [2.24, 2.45) is 0 Å². The lowest BCUT2D eigenvalue weighted by atomic mass is 10.0. The van der Waals surface area contributed by atoms with Crippen molar-refractivity contribution in [3.63, 3.8) is 0 Å². The Balaban J connectivity index is 1.03. The van der Waals surface area contributed by atoms with Gasteiger partial charge in [0, 0.05) is 35.7 Å². The van der Waals surface area contributed by atoms with E-state index < -0.39 is 6.36 Å². The van der Waals surface area contributed by atoms with E-state index in [1.807, 2.05) is 18.2 Å². The van der Waals surface area contributed by atoms with Crippen molar-refractivity contribution >= 4 is 26.7 Å². The average Bonchev–Trinajstić information content (AvgIpc) is 3.34. The molecule has 212 valence electrons. The molecule has 1 aliphatic heterocycles. The van der Waals surface area contributed by atoms with Crippen molar-refractivity contribution in [1.82, 2.24) is 30.8 Å². The van der Waals surface area contributed by atoms with Gasteiger partial charge in [0.05, 0.1) is 22.9 Å². The number of alkyl halides is 3. The van der Waals surface area contributed by atoms with Crippen molar-refractivity contribution in [3.05, 3.63) is 53.8 Å². The van der Waals surface area contributed by atoms with Crippen LogP contribution >= 0.6 is 11.3 Å². The lowest BCUT2D eigenvalue weighted by molar-refractivity contribution is -0.274. The minimum atomic E-state index is -4.82. The third-order valence-electron chi connectivity index (χ3n) is 7.29. The van der Waals surface area contributed by atoms with Crippen molar-refractivity contribution in [2.45, 2.75) is 50.7 Å². The van der Waals surface area contributed by atoms with Crippen LogP contribution in [0.3, 0.4) is 0 Å². The Labute approximate surface area is 235 Å². The summed E-state index contributed by atoms with van der Waals surface area (Å²) in [5, 5.41) is 19.3. The molecule has 0 atom stereocenters. The molecule has 4 heterocycles. The summed E-state index contributed by atoms with van der Waals surface area (Å²) >= 11 is 1.62. The van der Waals surface area contributed by atoms with E-state index in [9.17, 15) is 13.2 Å². The van der Waals surface area contributed by atoms with Crippen molar-refractivity contribution in [1.29, 1.82) is 0 Å². The molecule has 1 saturated heterocycles. The highest BCUT2D eigenvalue weighted by molar-refractivity contribution is 7.22. The zero-order valence-corrected chi connectivity index (χ0v) is 22.4. The molecule has 2 aromatic carbocycles. The topological polar surface area (TPSA) is 115 Å². The number of fused-ring (bicyclic) bond motifs is 1. The predicted molar refractivity (Wildman–Crippen MR) is 143 cm³/mol. The minimum Gasteiger partial charge on any atom is -0.405 e. The van der Waals surface area contributed by atoms with Gasteiger partial charge in [-0.2, -0.15) is 5.21 Å². The van der Waals surface area contributed by atoms with E-state index in [1.54, 1.807) is 23.5 Å². The second-order valence-electron chi connectivity index (χ2n) is 10.1. The van der Waals surface area contributed by atoms with Crippen LogP contribution in [0.4, 0.5) is 18.3 Å². The number of halogens is 3. The molecule has 14 heteroatoms. The van der Waals surface area contributed by atoms with Crippen LogP contribution in [0.1, 0.15) is 42.9 Å². The number of benzene rings is 2. The number of anilines is 1. The SMILES string of the molecule is FC(F)(F)Oc1ccccc1-c1noc(C2CC2)c1COC1CCN(c2nc3ccc(-c4nn[nH]n4)cc3s2)CC1. The lowest BCUT2D eigenvalue weighted by Crippen LogP contribution is -2.36. The summed E-state index contributed by atoms with van der Waals surface area (Å²) in [7, 11) is 0. The molecule has 3 aromatic heterocycles. The first kappa shape index (κ1) is 25.9. The Bertz CT molecular complexity index is 1660. The molecule has 0 bridgehead atoms. The molecule has 0 spiro atoms. The summed E-state index contributed by atoms with van der Waals surface area (Å²) in [6.07, 6.45) is -1.33. The molecule has 2 fully saturated rings. The molecule has 0 radical (unpaired) electrons. The molecule has 1 aliphatic carbocycles. The van der Waals surface area contributed by atoms with Gasteiger partial charge >= 0.3 is 6.36 Å². The number of hydrogen-bond acceptors (Lipinski definition) is 10. The summed E-state index contributed by atoms with van der Waals surface area (Å²) in [6.45, 7) is 1.75. The second kappa shape index (κ2) is 10.4. The molecule has 0 amide bonds. The number of H-pyrrole nitrogens is 1. The molecule has 0 unspecified atom stereocenters. The zero-order valence-electron chi connectivity index (χ0n) is 21.6. The second-order valence-corrected chi connectivity index (χ2v) is 11.1. The summed E-state index contributed by atoms with van der Waals surface area (Å²) in [5.41, 5.74) is 3.04. The van der Waals surface area contributed by atoms with Crippen molar-refractivity contribution < 1.29 is 27.2 Å². The fourth-order valence-corrected chi connectivity index (χ4v) is 6.16. The van der Waals surface area contributed by atoms with Crippen LogP contribution in [0.2, 0.25) is 0 Å². The van der Waals surface area contributed by atoms with E-state index in [1.165, 1.54) is 12.1 Å². The van der Waals surface area contributed by atoms with Crippen LogP contribution in [-0.2, 0) is 11.3 Å². The van der Waals surface area contributed by atoms with E-state index >= 15 is 0 Å². The van der Waals surface area contributed by atoms with Gasteiger partial charge < -0.3 is 18.9 Å². The van der Waals surface area contributed by atoms with Crippen molar-refractivity contribution in [3.8, 4) is 28.4 Å². The van der Waals surface area contributed by atoms with Gasteiger partial charge in [-0.3, -0.25) is 0 Å². The smallest absolute Gasteiger partial charge is 0.405 e.